The number of hydroxylamine groups is 1. The van der Waals surface area contributed by atoms with Crippen molar-refractivity contribution in [1.82, 2.24) is 0 Å². The highest BCUT2D eigenvalue weighted by molar-refractivity contribution is 4.67. The van der Waals surface area contributed by atoms with Crippen molar-refractivity contribution in [3.05, 3.63) is 0 Å². The molecular weight excluding hydrogens is 210 g/mol. The Morgan fingerprint density at radius 2 is 1.50 bits per heavy atom. The van der Waals surface area contributed by atoms with Gasteiger partial charge in [0.2, 0.25) is 0 Å². The monoisotopic (exact) mass is 236 g/mol. The molecule has 98 valence electrons. The van der Waals surface area contributed by atoms with Gasteiger partial charge in [-0.2, -0.15) is 0 Å². The molecule has 0 saturated carbocycles. The van der Waals surface area contributed by atoms with Crippen LogP contribution in [0, 0.1) is 0 Å². The van der Waals surface area contributed by atoms with E-state index in [0.29, 0.717) is 19.3 Å². The maximum absolute atomic E-state index is 5.99. The first-order chi connectivity index (χ1) is 7.20. The predicted molar refractivity (Wildman–Crippen MR) is 61.2 cm³/mol. The summed E-state index contributed by atoms with van der Waals surface area (Å²) in [6, 6.07) is 0. The summed E-state index contributed by atoms with van der Waals surface area (Å²) in [5, 5.41) is 0. The van der Waals surface area contributed by atoms with E-state index in [1.807, 2.05) is 20.8 Å². The number of nitrogens with zero attached hydrogens (tertiary/aromatic N) is 1. The van der Waals surface area contributed by atoms with E-state index < -0.39 is 16.3 Å². The van der Waals surface area contributed by atoms with E-state index in [1.54, 1.807) is 6.92 Å². The molecule has 0 aromatic heterocycles. The second-order valence-corrected chi connectivity index (χ2v) is 4.22. The Kier molecular flexibility index (Phi) is 5.27. The molecule has 1 unspecified atom stereocenters. The Morgan fingerprint density at radius 1 is 1.06 bits per heavy atom. The molecule has 16 heavy (non-hydrogen) atoms. The van der Waals surface area contributed by atoms with Gasteiger partial charge in [-0.1, -0.05) is 20.8 Å². The zero-order valence-corrected chi connectivity index (χ0v) is 10.7. The van der Waals surface area contributed by atoms with Crippen LogP contribution in [0.4, 0.5) is 0 Å². The minimum absolute atomic E-state index is 0.486. The maximum Gasteiger partial charge on any atom is 0.283 e. The molecule has 0 bridgehead atoms. The average molecular weight is 236 g/mol. The van der Waals surface area contributed by atoms with Crippen molar-refractivity contribution in [2.75, 3.05) is 0 Å². The number of quaternary nitrogens is 1. The first kappa shape index (κ1) is 15.7. The van der Waals surface area contributed by atoms with Crippen molar-refractivity contribution < 1.29 is 14.5 Å². The fraction of sp³-hybridized carbons (Fsp3) is 1.00. The summed E-state index contributed by atoms with van der Waals surface area (Å²) in [5.74, 6) is 16.9. The molecule has 0 aliphatic carbocycles. The molecule has 1 atom stereocenters. The van der Waals surface area contributed by atoms with Gasteiger partial charge in [0.25, 0.3) is 5.72 Å². The predicted octanol–water partition coefficient (Wildman–Crippen LogP) is -0.0263. The Morgan fingerprint density at radius 3 is 1.75 bits per heavy atom. The molecule has 0 spiro atoms. The third-order valence-electron chi connectivity index (χ3n) is 3.18. The van der Waals surface area contributed by atoms with Gasteiger partial charge in [-0.05, 0) is 17.7 Å². The van der Waals surface area contributed by atoms with Crippen LogP contribution in [0.15, 0.2) is 0 Å². The molecule has 0 heterocycles. The molecule has 0 aromatic carbocycles. The fourth-order valence-electron chi connectivity index (χ4n) is 1.19. The third kappa shape index (κ3) is 3.11. The van der Waals surface area contributed by atoms with Crippen molar-refractivity contribution in [2.45, 2.75) is 58.4 Å². The molecular formula is C9H26N5O2+. The average Bonchev–Trinajstić information content (AvgIpc) is 2.26. The summed E-state index contributed by atoms with van der Waals surface area (Å²) in [4.78, 5) is 9.54. The minimum atomic E-state index is -1.05. The highest BCUT2D eigenvalue weighted by Gasteiger charge is 2.50. The Balaban J connectivity index is 4.92. The normalized spacial score (nSPS) is 17.2. The number of hydrogen-bond donors (Lipinski definition) is 4. The summed E-state index contributed by atoms with van der Waals surface area (Å²) in [5.41, 5.74) is 4.06. The minimum Gasteiger partial charge on any atom is -0.298 e. The first-order valence-corrected chi connectivity index (χ1v) is 5.54. The Labute approximate surface area is 97.1 Å². The molecule has 7 nitrogen and oxygen atoms in total. The van der Waals surface area contributed by atoms with Crippen molar-refractivity contribution in [2.24, 2.45) is 23.3 Å². The molecule has 8 N–H and O–H groups in total. The third-order valence-corrected chi connectivity index (χ3v) is 3.18. The summed E-state index contributed by atoms with van der Waals surface area (Å²) in [6.45, 7) is 7.31. The summed E-state index contributed by atoms with van der Waals surface area (Å²) in [7, 11) is 0. The smallest absolute Gasteiger partial charge is 0.283 e. The lowest BCUT2D eigenvalue weighted by atomic mass is 10.1. The van der Waals surface area contributed by atoms with Crippen LogP contribution in [0.5, 0.6) is 0 Å². The number of hydrogen-bond acceptors (Lipinski definition) is 6. The van der Waals surface area contributed by atoms with E-state index >= 15 is 0 Å². The number of rotatable bonds is 7. The summed E-state index contributed by atoms with van der Waals surface area (Å²) in [6.07, 6.45) is 1.66. The van der Waals surface area contributed by atoms with Gasteiger partial charge in [0.15, 0.2) is 5.72 Å². The van der Waals surface area contributed by atoms with Crippen molar-refractivity contribution in [3.63, 3.8) is 0 Å². The zero-order valence-electron chi connectivity index (χ0n) is 10.7. The molecule has 0 amide bonds. The van der Waals surface area contributed by atoms with E-state index in [-0.39, 0.29) is 0 Å². The molecule has 0 aliphatic rings. The SMILES string of the molecule is CCC(N)(CC)O[N+](N)(N)C(C)(CC)ON. The van der Waals surface area contributed by atoms with E-state index in [4.69, 9.17) is 33.0 Å². The van der Waals surface area contributed by atoms with Gasteiger partial charge in [0.05, 0.1) is 0 Å². The topological polar surface area (TPSA) is 123 Å². The standard InChI is InChI=1S/C9H26N5O2/c1-5-8(4,15-13)14(11,12)16-9(10,6-2)7-3/h5-7,10-13H2,1-4H3/q+1. The van der Waals surface area contributed by atoms with E-state index in [2.05, 4.69) is 0 Å². The van der Waals surface area contributed by atoms with Gasteiger partial charge in [0.1, 0.15) is 0 Å². The maximum atomic E-state index is 5.99. The molecule has 0 aromatic rings. The van der Waals surface area contributed by atoms with Crippen LogP contribution in [0.1, 0.15) is 47.0 Å². The Hall–Kier alpha value is -0.280. The van der Waals surface area contributed by atoms with Gasteiger partial charge in [0, 0.05) is 13.3 Å². The zero-order chi connectivity index (χ0) is 13.0. The van der Waals surface area contributed by atoms with E-state index in [9.17, 15) is 0 Å². The summed E-state index contributed by atoms with van der Waals surface area (Å²) < 4.78 is 0. The van der Waals surface area contributed by atoms with Crippen LogP contribution in [0.2, 0.25) is 0 Å². The number of nitrogens with two attached hydrogens (primary N) is 4. The molecule has 7 heteroatoms. The van der Waals surface area contributed by atoms with Crippen LogP contribution in [-0.4, -0.2) is 16.3 Å². The van der Waals surface area contributed by atoms with Crippen LogP contribution in [0.25, 0.3) is 0 Å². The Bertz CT molecular complexity index is 214. The van der Waals surface area contributed by atoms with E-state index in [0.717, 1.165) is 0 Å². The van der Waals surface area contributed by atoms with Crippen LogP contribution in [-0.2, 0) is 9.68 Å². The second kappa shape index (κ2) is 5.37. The molecule has 0 aliphatic heterocycles. The first-order valence-electron chi connectivity index (χ1n) is 5.54. The van der Waals surface area contributed by atoms with Crippen LogP contribution in [0.3, 0.4) is 0 Å². The fourth-order valence-corrected chi connectivity index (χ4v) is 1.19. The molecule has 0 radical (unpaired) electrons. The molecule has 0 fully saturated rings. The highest BCUT2D eigenvalue weighted by atomic mass is 16.8. The lowest BCUT2D eigenvalue weighted by Gasteiger charge is -2.42. The van der Waals surface area contributed by atoms with Crippen molar-refractivity contribution >= 4 is 0 Å². The van der Waals surface area contributed by atoms with Gasteiger partial charge < -0.3 is 0 Å². The molecule has 0 saturated heterocycles. The van der Waals surface area contributed by atoms with Crippen molar-refractivity contribution in [1.29, 1.82) is 0 Å². The van der Waals surface area contributed by atoms with Crippen LogP contribution >= 0.6 is 0 Å². The lowest BCUT2D eigenvalue weighted by molar-refractivity contribution is -1.18. The molecule has 0 rings (SSSR count). The second-order valence-electron chi connectivity index (χ2n) is 4.22. The van der Waals surface area contributed by atoms with Gasteiger partial charge in [-0.3, -0.25) is 5.73 Å². The highest BCUT2D eigenvalue weighted by Crippen LogP contribution is 2.26. The quantitative estimate of drug-likeness (QED) is 0.213. The van der Waals surface area contributed by atoms with Gasteiger partial charge in [-0.15, -0.1) is 16.5 Å². The van der Waals surface area contributed by atoms with Crippen molar-refractivity contribution in [3.8, 4) is 0 Å². The summed E-state index contributed by atoms with van der Waals surface area (Å²) >= 11 is 0. The lowest BCUT2D eigenvalue weighted by Crippen LogP contribution is -2.76. The van der Waals surface area contributed by atoms with Gasteiger partial charge in [-0.25, -0.2) is 10.7 Å². The van der Waals surface area contributed by atoms with Crippen LogP contribution < -0.4 is 23.3 Å². The van der Waals surface area contributed by atoms with E-state index in [1.165, 1.54) is 0 Å². The largest absolute Gasteiger partial charge is 0.298 e. The van der Waals surface area contributed by atoms with Gasteiger partial charge >= 0.3 is 0 Å².